The SMILES string of the molecule is Cc1ccsc1C[NH+](C)[C@H](C)C(=O)Nc1ccc(S(N)(=O)=O)cc1. The minimum atomic E-state index is -3.73. The van der Waals surface area contributed by atoms with E-state index in [0.29, 0.717) is 5.69 Å². The van der Waals surface area contributed by atoms with Crippen LogP contribution in [-0.4, -0.2) is 27.4 Å². The number of carbonyl (C=O) groups excluding carboxylic acids is 1. The van der Waals surface area contributed by atoms with E-state index >= 15 is 0 Å². The maximum atomic E-state index is 12.4. The van der Waals surface area contributed by atoms with Crippen LogP contribution in [0.15, 0.2) is 40.6 Å². The third-order valence-electron chi connectivity index (χ3n) is 3.99. The lowest BCUT2D eigenvalue weighted by atomic mass is 10.2. The van der Waals surface area contributed by atoms with E-state index in [-0.39, 0.29) is 16.8 Å². The van der Waals surface area contributed by atoms with Crippen molar-refractivity contribution in [1.82, 2.24) is 0 Å². The maximum Gasteiger partial charge on any atom is 0.282 e. The van der Waals surface area contributed by atoms with E-state index in [1.54, 1.807) is 11.3 Å². The Hall–Kier alpha value is -1.74. The quantitative estimate of drug-likeness (QED) is 0.702. The van der Waals surface area contributed by atoms with Crippen molar-refractivity contribution in [3.05, 3.63) is 46.2 Å². The van der Waals surface area contributed by atoms with Gasteiger partial charge in [0, 0.05) is 5.69 Å². The lowest BCUT2D eigenvalue weighted by Gasteiger charge is -2.21. The number of nitrogens with two attached hydrogens (primary N) is 1. The lowest BCUT2D eigenvalue weighted by molar-refractivity contribution is -0.907. The molecule has 8 heteroatoms. The van der Waals surface area contributed by atoms with Crippen molar-refractivity contribution in [2.75, 3.05) is 12.4 Å². The van der Waals surface area contributed by atoms with Gasteiger partial charge in [-0.25, -0.2) is 13.6 Å². The second kappa shape index (κ2) is 7.43. The molecule has 0 aliphatic rings. The number of primary sulfonamides is 1. The van der Waals surface area contributed by atoms with Gasteiger partial charge in [0.25, 0.3) is 5.91 Å². The highest BCUT2D eigenvalue weighted by Gasteiger charge is 2.23. The van der Waals surface area contributed by atoms with Crippen molar-refractivity contribution in [3.63, 3.8) is 0 Å². The second-order valence-corrected chi connectivity index (χ2v) is 8.39. The molecule has 2 rings (SSSR count). The molecule has 1 unspecified atom stereocenters. The van der Waals surface area contributed by atoms with Crippen LogP contribution < -0.4 is 15.4 Å². The molecule has 0 saturated carbocycles. The molecule has 0 radical (unpaired) electrons. The van der Waals surface area contributed by atoms with E-state index < -0.39 is 10.0 Å². The molecule has 24 heavy (non-hydrogen) atoms. The van der Waals surface area contributed by atoms with E-state index in [1.807, 2.05) is 14.0 Å². The fraction of sp³-hybridized carbons (Fsp3) is 0.312. The number of anilines is 1. The summed E-state index contributed by atoms with van der Waals surface area (Å²) in [5.41, 5.74) is 1.78. The van der Waals surface area contributed by atoms with Crippen LogP contribution in [0.1, 0.15) is 17.4 Å². The third kappa shape index (κ3) is 4.64. The summed E-state index contributed by atoms with van der Waals surface area (Å²) in [6, 6.07) is 7.64. The smallest absolute Gasteiger partial charge is 0.282 e. The molecular formula is C16H22N3O3S2+. The van der Waals surface area contributed by atoms with Crippen molar-refractivity contribution in [2.45, 2.75) is 31.3 Å². The molecular weight excluding hydrogens is 346 g/mol. The topological polar surface area (TPSA) is 93.7 Å². The van der Waals surface area contributed by atoms with Crippen molar-refractivity contribution < 1.29 is 18.1 Å². The third-order valence-corrected chi connectivity index (χ3v) is 5.94. The Kier molecular flexibility index (Phi) is 5.76. The average Bonchev–Trinajstić information content (AvgIpc) is 2.91. The zero-order valence-corrected chi connectivity index (χ0v) is 15.5. The van der Waals surface area contributed by atoms with E-state index in [1.165, 1.54) is 34.7 Å². The zero-order valence-electron chi connectivity index (χ0n) is 13.9. The molecule has 4 N–H and O–H groups in total. The molecule has 2 atom stereocenters. The van der Waals surface area contributed by atoms with Crippen LogP contribution in [0, 0.1) is 6.92 Å². The number of rotatable bonds is 6. The first kappa shape index (κ1) is 18.6. The number of benzene rings is 1. The van der Waals surface area contributed by atoms with Gasteiger partial charge in [-0.15, -0.1) is 11.3 Å². The van der Waals surface area contributed by atoms with Gasteiger partial charge >= 0.3 is 0 Å². The standard InChI is InChI=1S/C16H21N3O3S2/c1-11-8-9-23-15(11)10-19(3)12(2)16(20)18-13-4-6-14(7-5-13)24(17,21)22/h4-9,12H,10H2,1-3H3,(H,18,20)(H2,17,21,22)/p+1/t12-/m1/s1. The number of carbonyl (C=O) groups is 1. The summed E-state index contributed by atoms with van der Waals surface area (Å²) >= 11 is 1.69. The summed E-state index contributed by atoms with van der Waals surface area (Å²) in [4.78, 5) is 14.7. The van der Waals surface area contributed by atoms with E-state index in [4.69, 9.17) is 5.14 Å². The predicted molar refractivity (Wildman–Crippen MR) is 95.6 cm³/mol. The van der Waals surface area contributed by atoms with Gasteiger partial charge < -0.3 is 10.2 Å². The highest BCUT2D eigenvalue weighted by molar-refractivity contribution is 7.89. The summed E-state index contributed by atoms with van der Waals surface area (Å²) in [7, 11) is -1.75. The van der Waals surface area contributed by atoms with Crippen molar-refractivity contribution in [1.29, 1.82) is 0 Å². The van der Waals surface area contributed by atoms with Crippen molar-refractivity contribution in [2.24, 2.45) is 5.14 Å². The number of sulfonamides is 1. The normalized spacial score (nSPS) is 14.2. The fourth-order valence-corrected chi connectivity index (χ4v) is 3.71. The Labute approximate surface area is 146 Å². The number of aryl methyl sites for hydroxylation is 1. The van der Waals surface area contributed by atoms with Gasteiger partial charge in [0.2, 0.25) is 10.0 Å². The number of hydrogen-bond donors (Lipinski definition) is 3. The van der Waals surface area contributed by atoms with E-state index in [2.05, 4.69) is 23.7 Å². The van der Waals surface area contributed by atoms with Gasteiger partial charge in [-0.05, 0) is 55.1 Å². The summed E-state index contributed by atoms with van der Waals surface area (Å²) in [5.74, 6) is -0.120. The van der Waals surface area contributed by atoms with Gasteiger partial charge in [0.15, 0.2) is 6.04 Å². The minimum Gasteiger partial charge on any atom is -0.323 e. The van der Waals surface area contributed by atoms with Crippen LogP contribution in [-0.2, 0) is 21.4 Å². The molecule has 130 valence electrons. The first-order chi connectivity index (χ1) is 11.2. The largest absolute Gasteiger partial charge is 0.323 e. The van der Waals surface area contributed by atoms with Gasteiger partial charge in [0.05, 0.1) is 16.8 Å². The molecule has 6 nitrogen and oxygen atoms in total. The molecule has 1 amide bonds. The van der Waals surface area contributed by atoms with Crippen LogP contribution in [0.4, 0.5) is 5.69 Å². The van der Waals surface area contributed by atoms with Gasteiger partial charge in [-0.1, -0.05) is 0 Å². The van der Waals surface area contributed by atoms with Crippen LogP contribution in [0.3, 0.4) is 0 Å². The molecule has 1 heterocycles. The maximum absolute atomic E-state index is 12.4. The zero-order chi connectivity index (χ0) is 17.9. The Balaban J connectivity index is 1.99. The van der Waals surface area contributed by atoms with Gasteiger partial charge in [0.1, 0.15) is 6.54 Å². The first-order valence-electron chi connectivity index (χ1n) is 7.47. The molecule has 0 spiro atoms. The number of quaternary nitrogens is 1. The number of likely N-dealkylation sites (N-methyl/N-ethyl adjacent to an activating group) is 1. The Morgan fingerprint density at radius 1 is 1.29 bits per heavy atom. The predicted octanol–water partition coefficient (Wildman–Crippen LogP) is 0.746. The highest BCUT2D eigenvalue weighted by Crippen LogP contribution is 2.14. The van der Waals surface area contributed by atoms with Crippen LogP contribution in [0.25, 0.3) is 0 Å². The van der Waals surface area contributed by atoms with Crippen molar-refractivity contribution in [3.8, 4) is 0 Å². The summed E-state index contributed by atoms with van der Waals surface area (Å²) < 4.78 is 22.5. The Bertz CT molecular complexity index is 813. The number of amides is 1. The second-order valence-electron chi connectivity index (χ2n) is 5.83. The Morgan fingerprint density at radius 3 is 2.42 bits per heavy atom. The monoisotopic (exact) mass is 368 g/mol. The fourth-order valence-electron chi connectivity index (χ4n) is 2.19. The summed E-state index contributed by atoms with van der Waals surface area (Å²) in [6.45, 7) is 4.71. The molecule has 2 aromatic rings. The average molecular weight is 369 g/mol. The van der Waals surface area contributed by atoms with Crippen LogP contribution >= 0.6 is 11.3 Å². The molecule has 0 bridgehead atoms. The van der Waals surface area contributed by atoms with Crippen LogP contribution in [0.5, 0.6) is 0 Å². The molecule has 0 aliphatic heterocycles. The van der Waals surface area contributed by atoms with Gasteiger partial charge in [-0.2, -0.15) is 0 Å². The molecule has 1 aromatic carbocycles. The minimum absolute atomic E-state index is 0.0180. The van der Waals surface area contributed by atoms with Crippen molar-refractivity contribution >= 4 is 33.0 Å². The molecule has 1 aromatic heterocycles. The number of nitrogens with one attached hydrogen (secondary N) is 2. The lowest BCUT2D eigenvalue weighted by Crippen LogP contribution is -3.12. The molecule has 0 aliphatic carbocycles. The highest BCUT2D eigenvalue weighted by atomic mass is 32.2. The van der Waals surface area contributed by atoms with E-state index in [9.17, 15) is 13.2 Å². The summed E-state index contributed by atoms with van der Waals surface area (Å²) in [6.07, 6.45) is 0. The molecule has 0 fully saturated rings. The van der Waals surface area contributed by atoms with Crippen LogP contribution in [0.2, 0.25) is 0 Å². The summed E-state index contributed by atoms with van der Waals surface area (Å²) in [5, 5.41) is 9.91. The number of hydrogen-bond acceptors (Lipinski definition) is 4. The first-order valence-corrected chi connectivity index (χ1v) is 9.90. The number of thiophene rings is 1. The molecule has 0 saturated heterocycles. The van der Waals surface area contributed by atoms with Gasteiger partial charge in [-0.3, -0.25) is 4.79 Å². The van der Waals surface area contributed by atoms with E-state index in [0.717, 1.165) is 11.4 Å². The Morgan fingerprint density at radius 2 is 1.92 bits per heavy atom.